The predicted molar refractivity (Wildman–Crippen MR) is 132 cm³/mol. The van der Waals surface area contributed by atoms with E-state index >= 15 is 0 Å². The number of nitrogens with zero attached hydrogens (tertiary/aromatic N) is 2. The Balaban J connectivity index is 1.49. The first-order chi connectivity index (χ1) is 15.5. The Morgan fingerprint density at radius 1 is 1.00 bits per heavy atom. The zero-order valence-electron chi connectivity index (χ0n) is 16.5. The highest BCUT2D eigenvalue weighted by atomic mass is 35.5. The molecule has 0 unspecified atom stereocenters. The van der Waals surface area contributed by atoms with Gasteiger partial charge in [-0.15, -0.1) is 11.3 Å². The van der Waals surface area contributed by atoms with E-state index in [0.717, 1.165) is 21.9 Å². The number of anilines is 1. The maximum atomic E-state index is 13.3. The molecule has 158 valence electrons. The van der Waals surface area contributed by atoms with Crippen molar-refractivity contribution in [1.29, 1.82) is 0 Å². The molecule has 2 aromatic heterocycles. The van der Waals surface area contributed by atoms with Crippen molar-refractivity contribution in [3.63, 3.8) is 0 Å². The standard InChI is InChI=1S/C24H15Cl2N3O2S/c25-17-8-18(26)10-19(9-17)28-21(30)11-29-13-27-23-22(24(29)31)20(12-32-23)16-6-5-14-3-1-2-4-15(14)7-16/h1-10,12-13H,11H2,(H,28,30). The summed E-state index contributed by atoms with van der Waals surface area (Å²) in [7, 11) is 0. The molecule has 0 radical (unpaired) electrons. The number of thiophene rings is 1. The summed E-state index contributed by atoms with van der Waals surface area (Å²) in [5.74, 6) is -0.380. The zero-order valence-corrected chi connectivity index (χ0v) is 18.8. The van der Waals surface area contributed by atoms with Crippen molar-refractivity contribution in [3.05, 3.63) is 92.8 Å². The largest absolute Gasteiger partial charge is 0.324 e. The molecule has 5 nitrogen and oxygen atoms in total. The number of aromatic nitrogens is 2. The number of carbonyl (C=O) groups is 1. The summed E-state index contributed by atoms with van der Waals surface area (Å²) >= 11 is 13.4. The monoisotopic (exact) mass is 479 g/mol. The van der Waals surface area contributed by atoms with E-state index in [2.05, 4.69) is 16.4 Å². The predicted octanol–water partition coefficient (Wildman–Crippen LogP) is 6.22. The summed E-state index contributed by atoms with van der Waals surface area (Å²) < 4.78 is 1.31. The van der Waals surface area contributed by atoms with Crippen LogP contribution in [-0.2, 0) is 11.3 Å². The Bertz CT molecular complexity index is 1540. The maximum Gasteiger partial charge on any atom is 0.263 e. The van der Waals surface area contributed by atoms with E-state index in [9.17, 15) is 9.59 Å². The van der Waals surface area contributed by atoms with E-state index in [1.807, 2.05) is 41.8 Å². The molecule has 1 amide bonds. The minimum atomic E-state index is -0.380. The number of amides is 1. The summed E-state index contributed by atoms with van der Waals surface area (Å²) in [6.45, 7) is -0.182. The van der Waals surface area contributed by atoms with E-state index in [0.29, 0.717) is 25.9 Å². The van der Waals surface area contributed by atoms with Gasteiger partial charge in [0.15, 0.2) is 0 Å². The number of fused-ring (bicyclic) bond motifs is 2. The second-order valence-corrected chi connectivity index (χ2v) is 9.01. The summed E-state index contributed by atoms with van der Waals surface area (Å²) in [4.78, 5) is 30.8. The van der Waals surface area contributed by atoms with E-state index in [1.165, 1.54) is 22.2 Å². The molecule has 8 heteroatoms. The minimum Gasteiger partial charge on any atom is -0.324 e. The van der Waals surface area contributed by atoms with Crippen molar-refractivity contribution in [3.8, 4) is 11.1 Å². The summed E-state index contributed by atoms with van der Waals surface area (Å²) in [6.07, 6.45) is 1.40. The molecule has 0 saturated carbocycles. The molecule has 0 spiro atoms. The first-order valence-electron chi connectivity index (χ1n) is 9.70. The number of benzene rings is 3. The summed E-state index contributed by atoms with van der Waals surface area (Å²) in [5, 5.41) is 8.19. The fourth-order valence-corrected chi connectivity index (χ4v) is 5.06. The summed E-state index contributed by atoms with van der Waals surface area (Å²) in [6, 6.07) is 18.9. The molecule has 5 rings (SSSR count). The van der Waals surface area contributed by atoms with Gasteiger partial charge in [-0.1, -0.05) is 59.6 Å². The van der Waals surface area contributed by atoms with Crippen molar-refractivity contribution in [2.75, 3.05) is 5.32 Å². The first-order valence-corrected chi connectivity index (χ1v) is 11.3. The van der Waals surface area contributed by atoms with Crippen LogP contribution in [0.1, 0.15) is 0 Å². The number of nitrogens with one attached hydrogen (secondary N) is 1. The van der Waals surface area contributed by atoms with Crippen LogP contribution >= 0.6 is 34.5 Å². The molecule has 0 atom stereocenters. The SMILES string of the molecule is O=C(Cn1cnc2scc(-c3ccc4ccccc4c3)c2c1=O)Nc1cc(Cl)cc(Cl)c1. The van der Waals surface area contributed by atoms with Crippen LogP contribution in [0, 0.1) is 0 Å². The average molecular weight is 480 g/mol. The topological polar surface area (TPSA) is 64.0 Å². The van der Waals surface area contributed by atoms with E-state index in [1.54, 1.807) is 18.2 Å². The molecule has 0 aliphatic carbocycles. The lowest BCUT2D eigenvalue weighted by molar-refractivity contribution is -0.116. The van der Waals surface area contributed by atoms with E-state index in [-0.39, 0.29) is 18.0 Å². The molecule has 32 heavy (non-hydrogen) atoms. The van der Waals surface area contributed by atoms with Crippen molar-refractivity contribution in [2.24, 2.45) is 0 Å². The fourth-order valence-electron chi connectivity index (χ4n) is 3.63. The van der Waals surface area contributed by atoms with Gasteiger partial charge in [-0.2, -0.15) is 0 Å². The average Bonchev–Trinajstić information content (AvgIpc) is 3.19. The molecule has 5 aromatic rings. The molecule has 0 fully saturated rings. The summed E-state index contributed by atoms with van der Waals surface area (Å²) in [5.41, 5.74) is 1.94. The van der Waals surface area contributed by atoms with Crippen LogP contribution in [-0.4, -0.2) is 15.5 Å². The van der Waals surface area contributed by atoms with Gasteiger partial charge in [-0.25, -0.2) is 4.98 Å². The molecule has 0 aliphatic rings. The van der Waals surface area contributed by atoms with E-state index < -0.39 is 0 Å². The molecule has 0 saturated heterocycles. The Morgan fingerprint density at radius 3 is 2.53 bits per heavy atom. The van der Waals surface area contributed by atoms with Crippen LogP contribution in [0.15, 0.2) is 77.2 Å². The van der Waals surface area contributed by atoms with Crippen LogP contribution in [0.5, 0.6) is 0 Å². The Morgan fingerprint density at radius 2 is 1.75 bits per heavy atom. The van der Waals surface area contributed by atoms with Crippen molar-refractivity contribution in [2.45, 2.75) is 6.54 Å². The van der Waals surface area contributed by atoms with Crippen LogP contribution in [0.2, 0.25) is 10.0 Å². The van der Waals surface area contributed by atoms with Gasteiger partial charge in [-0.05, 0) is 40.6 Å². The Hall–Kier alpha value is -3.19. The van der Waals surface area contributed by atoms with Crippen LogP contribution in [0.3, 0.4) is 0 Å². The minimum absolute atomic E-state index is 0.182. The number of hydrogen-bond donors (Lipinski definition) is 1. The smallest absolute Gasteiger partial charge is 0.263 e. The van der Waals surface area contributed by atoms with Gasteiger partial charge in [0.05, 0.1) is 11.7 Å². The lowest BCUT2D eigenvalue weighted by Crippen LogP contribution is -2.27. The number of halogens is 2. The van der Waals surface area contributed by atoms with Crippen LogP contribution in [0.25, 0.3) is 32.1 Å². The highest BCUT2D eigenvalue weighted by Crippen LogP contribution is 2.32. The van der Waals surface area contributed by atoms with Crippen LogP contribution in [0.4, 0.5) is 5.69 Å². The van der Waals surface area contributed by atoms with E-state index in [4.69, 9.17) is 23.2 Å². The highest BCUT2D eigenvalue weighted by Gasteiger charge is 2.15. The second-order valence-electron chi connectivity index (χ2n) is 7.28. The first kappa shape index (κ1) is 20.7. The van der Waals surface area contributed by atoms with Gasteiger partial charge in [0.2, 0.25) is 5.91 Å². The van der Waals surface area contributed by atoms with Gasteiger partial charge in [-0.3, -0.25) is 14.2 Å². The fraction of sp³-hybridized carbons (Fsp3) is 0.0417. The van der Waals surface area contributed by atoms with Gasteiger partial charge < -0.3 is 5.32 Å². The number of carbonyl (C=O) groups excluding carboxylic acids is 1. The zero-order chi connectivity index (χ0) is 22.2. The molecular formula is C24H15Cl2N3O2S. The van der Waals surface area contributed by atoms with Gasteiger partial charge in [0.25, 0.3) is 5.56 Å². The second kappa shape index (κ2) is 8.39. The van der Waals surface area contributed by atoms with Gasteiger partial charge >= 0.3 is 0 Å². The molecule has 1 N–H and O–H groups in total. The Kier molecular flexibility index (Phi) is 5.43. The lowest BCUT2D eigenvalue weighted by atomic mass is 10.0. The third-order valence-electron chi connectivity index (χ3n) is 5.08. The Labute approximate surface area is 196 Å². The number of rotatable bonds is 4. The maximum absolute atomic E-state index is 13.3. The molecule has 3 aromatic carbocycles. The van der Waals surface area contributed by atoms with Crippen molar-refractivity contribution >= 4 is 67.1 Å². The van der Waals surface area contributed by atoms with Crippen LogP contribution < -0.4 is 10.9 Å². The quantitative estimate of drug-likeness (QED) is 0.332. The molecule has 0 bridgehead atoms. The molecule has 2 heterocycles. The normalized spacial score (nSPS) is 11.2. The van der Waals surface area contributed by atoms with Gasteiger partial charge in [0.1, 0.15) is 11.4 Å². The van der Waals surface area contributed by atoms with Crippen molar-refractivity contribution < 1.29 is 4.79 Å². The van der Waals surface area contributed by atoms with Crippen molar-refractivity contribution in [1.82, 2.24) is 9.55 Å². The molecular weight excluding hydrogens is 465 g/mol. The highest BCUT2D eigenvalue weighted by molar-refractivity contribution is 7.17. The lowest BCUT2D eigenvalue weighted by Gasteiger charge is -2.09. The third kappa shape index (κ3) is 4.00. The third-order valence-corrected chi connectivity index (χ3v) is 6.40. The molecule has 0 aliphatic heterocycles. The number of hydrogen-bond acceptors (Lipinski definition) is 4. The van der Waals surface area contributed by atoms with Gasteiger partial charge in [0, 0.05) is 26.7 Å².